The zero-order valence-corrected chi connectivity index (χ0v) is 14.7. The van der Waals surface area contributed by atoms with E-state index in [2.05, 4.69) is 0 Å². The molecule has 1 atom stereocenters. The van der Waals surface area contributed by atoms with Crippen LogP contribution in [-0.2, 0) is 19.4 Å². The lowest BCUT2D eigenvalue weighted by atomic mass is 10.2. The highest BCUT2D eigenvalue weighted by atomic mass is 35.5. The molecule has 0 bridgehead atoms. The number of hydrogen-bond donors (Lipinski definition) is 0. The van der Waals surface area contributed by atoms with Crippen LogP contribution in [0.4, 0.5) is 5.69 Å². The molecule has 0 radical (unpaired) electrons. The third kappa shape index (κ3) is 4.67. The second-order valence-electron chi connectivity index (χ2n) is 5.56. The number of benzene rings is 1. The predicted molar refractivity (Wildman–Crippen MR) is 88.2 cm³/mol. The third-order valence-electron chi connectivity index (χ3n) is 3.85. The number of hydrogen-bond acceptors (Lipinski definition) is 7. The molecule has 1 aromatic carbocycles. The summed E-state index contributed by atoms with van der Waals surface area (Å²) in [5, 5.41) is 11.0. The van der Waals surface area contributed by atoms with Crippen molar-refractivity contribution in [2.45, 2.75) is 12.5 Å². The van der Waals surface area contributed by atoms with Gasteiger partial charge < -0.3 is 9.64 Å². The Bertz CT molecular complexity index is 824. The van der Waals surface area contributed by atoms with Crippen LogP contribution in [0, 0.1) is 10.1 Å². The fourth-order valence-electron chi connectivity index (χ4n) is 2.42. The second-order valence-corrected chi connectivity index (χ2v) is 8.22. The normalized spacial score (nSPS) is 18.6. The Kier molecular flexibility index (Phi) is 5.63. The highest BCUT2D eigenvalue weighted by molar-refractivity contribution is 7.91. The Labute approximate surface area is 148 Å². The number of rotatable bonds is 5. The summed E-state index contributed by atoms with van der Waals surface area (Å²) in [4.78, 5) is 35.5. The summed E-state index contributed by atoms with van der Waals surface area (Å²) in [6, 6.07) is 2.93. The number of nitro groups is 1. The van der Waals surface area contributed by atoms with Crippen LogP contribution >= 0.6 is 11.6 Å². The van der Waals surface area contributed by atoms with Gasteiger partial charge in [0.15, 0.2) is 16.4 Å². The number of nitrogens with zero attached hydrogens (tertiary/aromatic N) is 2. The number of halogens is 1. The van der Waals surface area contributed by atoms with Crippen LogP contribution in [0.1, 0.15) is 16.8 Å². The Morgan fingerprint density at radius 1 is 1.44 bits per heavy atom. The molecule has 0 aliphatic carbocycles. The Morgan fingerprint density at radius 3 is 2.68 bits per heavy atom. The van der Waals surface area contributed by atoms with Gasteiger partial charge in [0.05, 0.1) is 16.4 Å². The van der Waals surface area contributed by atoms with Gasteiger partial charge >= 0.3 is 5.97 Å². The maximum Gasteiger partial charge on any atom is 0.345 e. The molecule has 11 heteroatoms. The van der Waals surface area contributed by atoms with E-state index >= 15 is 0 Å². The lowest BCUT2D eigenvalue weighted by molar-refractivity contribution is -0.385. The number of likely N-dealkylation sites (N-methyl/N-ethyl adjacent to an activating group) is 1. The molecule has 0 unspecified atom stereocenters. The molecule has 0 aromatic heterocycles. The summed E-state index contributed by atoms with van der Waals surface area (Å²) >= 11 is 5.73. The first-order chi connectivity index (χ1) is 11.6. The van der Waals surface area contributed by atoms with Crippen molar-refractivity contribution in [3.05, 3.63) is 38.9 Å². The second kappa shape index (κ2) is 7.36. The van der Waals surface area contributed by atoms with Crippen LogP contribution in [0.2, 0.25) is 5.02 Å². The molecule has 2 rings (SSSR count). The minimum atomic E-state index is -3.16. The molecule has 25 heavy (non-hydrogen) atoms. The number of sulfone groups is 1. The van der Waals surface area contributed by atoms with Gasteiger partial charge in [-0.3, -0.25) is 14.9 Å². The van der Waals surface area contributed by atoms with E-state index in [4.69, 9.17) is 16.3 Å². The highest BCUT2D eigenvalue weighted by Crippen LogP contribution is 2.23. The van der Waals surface area contributed by atoms with Crippen molar-refractivity contribution < 1.29 is 27.7 Å². The summed E-state index contributed by atoms with van der Waals surface area (Å²) in [5.41, 5.74) is -0.853. The van der Waals surface area contributed by atoms with Gasteiger partial charge in [-0.05, 0) is 18.6 Å². The van der Waals surface area contributed by atoms with Gasteiger partial charge in [-0.25, -0.2) is 13.2 Å². The first-order valence-corrected chi connectivity index (χ1v) is 9.38. The molecule has 1 aliphatic heterocycles. The van der Waals surface area contributed by atoms with E-state index in [1.165, 1.54) is 18.0 Å². The number of ether oxygens (including phenoxy) is 1. The summed E-state index contributed by atoms with van der Waals surface area (Å²) < 4.78 is 27.7. The van der Waals surface area contributed by atoms with E-state index in [1.54, 1.807) is 0 Å². The number of esters is 1. The standard InChI is InChI=1S/C14H15ClN2O7S/c1-16(10-4-5-25(22,23)8-10)13(18)7-24-14(19)11-6-9(15)2-3-12(11)17(20)21/h2-3,6,10H,4-5,7-8H2,1H3/t10-/m0/s1. The van der Waals surface area contributed by atoms with Gasteiger partial charge in [0.1, 0.15) is 5.56 Å². The van der Waals surface area contributed by atoms with E-state index in [0.717, 1.165) is 12.1 Å². The SMILES string of the molecule is CN(C(=O)COC(=O)c1cc(Cl)ccc1[N+](=O)[O-])[C@H]1CCS(=O)(=O)C1. The lowest BCUT2D eigenvalue weighted by Gasteiger charge is -2.23. The van der Waals surface area contributed by atoms with Gasteiger partial charge in [-0.2, -0.15) is 0 Å². The molecule has 0 spiro atoms. The largest absolute Gasteiger partial charge is 0.452 e. The quantitative estimate of drug-likeness (QED) is 0.418. The molecule has 1 fully saturated rings. The average Bonchev–Trinajstić information content (AvgIpc) is 2.91. The van der Waals surface area contributed by atoms with Gasteiger partial charge in [-0.1, -0.05) is 11.6 Å². The number of amides is 1. The molecule has 9 nitrogen and oxygen atoms in total. The van der Waals surface area contributed by atoms with Crippen LogP contribution in [0.15, 0.2) is 18.2 Å². The fraction of sp³-hybridized carbons (Fsp3) is 0.429. The van der Waals surface area contributed by atoms with E-state index in [0.29, 0.717) is 6.42 Å². The zero-order valence-electron chi connectivity index (χ0n) is 13.2. The number of nitro benzene ring substituents is 1. The van der Waals surface area contributed by atoms with Crippen molar-refractivity contribution in [2.75, 3.05) is 25.2 Å². The summed E-state index contributed by atoms with van der Waals surface area (Å²) in [6.07, 6.45) is 0.318. The monoisotopic (exact) mass is 390 g/mol. The fourth-order valence-corrected chi connectivity index (χ4v) is 4.37. The van der Waals surface area contributed by atoms with E-state index in [-0.39, 0.29) is 22.1 Å². The van der Waals surface area contributed by atoms with E-state index < -0.39 is 45.0 Å². The summed E-state index contributed by atoms with van der Waals surface area (Å²) in [6.45, 7) is -0.657. The van der Waals surface area contributed by atoms with Crippen molar-refractivity contribution in [1.29, 1.82) is 0 Å². The van der Waals surface area contributed by atoms with E-state index in [9.17, 15) is 28.1 Å². The third-order valence-corrected chi connectivity index (χ3v) is 5.84. The van der Waals surface area contributed by atoms with Gasteiger partial charge in [0.2, 0.25) is 0 Å². The topological polar surface area (TPSA) is 124 Å². The smallest absolute Gasteiger partial charge is 0.345 e. The molecule has 1 aliphatic rings. The average molecular weight is 391 g/mol. The number of carbonyl (C=O) groups is 2. The molecule has 1 saturated heterocycles. The maximum absolute atomic E-state index is 12.1. The zero-order chi connectivity index (χ0) is 18.8. The molecular weight excluding hydrogens is 376 g/mol. The maximum atomic E-state index is 12.1. The number of carbonyl (C=O) groups excluding carboxylic acids is 2. The molecule has 1 amide bonds. The molecule has 136 valence electrons. The van der Waals surface area contributed by atoms with Crippen LogP contribution in [0.3, 0.4) is 0 Å². The van der Waals surface area contributed by atoms with Crippen LogP contribution < -0.4 is 0 Å². The minimum absolute atomic E-state index is 0.00375. The predicted octanol–water partition coefficient (Wildman–Crippen LogP) is 1.05. The molecular formula is C14H15ClN2O7S. The van der Waals surface area contributed by atoms with Crippen LogP contribution in [0.25, 0.3) is 0 Å². The van der Waals surface area contributed by atoms with Gasteiger partial charge in [0, 0.05) is 24.2 Å². The molecule has 1 aromatic rings. The van der Waals surface area contributed by atoms with Crippen molar-refractivity contribution >= 4 is 39.0 Å². The van der Waals surface area contributed by atoms with Gasteiger partial charge in [-0.15, -0.1) is 0 Å². The van der Waals surface area contributed by atoms with Gasteiger partial charge in [0.25, 0.3) is 11.6 Å². The molecule has 1 heterocycles. The lowest BCUT2D eigenvalue weighted by Crippen LogP contribution is -2.40. The molecule has 0 N–H and O–H groups in total. The first kappa shape index (κ1) is 19.1. The summed E-state index contributed by atoms with van der Waals surface area (Å²) in [7, 11) is -1.74. The highest BCUT2D eigenvalue weighted by Gasteiger charge is 2.33. The van der Waals surface area contributed by atoms with Crippen molar-refractivity contribution in [3.63, 3.8) is 0 Å². The first-order valence-electron chi connectivity index (χ1n) is 7.18. The Morgan fingerprint density at radius 2 is 2.12 bits per heavy atom. The minimum Gasteiger partial charge on any atom is -0.452 e. The summed E-state index contributed by atoms with van der Waals surface area (Å²) in [5.74, 6) is -1.79. The van der Waals surface area contributed by atoms with Crippen molar-refractivity contribution in [3.8, 4) is 0 Å². The molecule has 0 saturated carbocycles. The Balaban J connectivity index is 2.01. The van der Waals surface area contributed by atoms with Crippen LogP contribution in [0.5, 0.6) is 0 Å². The van der Waals surface area contributed by atoms with E-state index in [1.807, 2.05) is 0 Å². The van der Waals surface area contributed by atoms with Crippen molar-refractivity contribution in [2.24, 2.45) is 0 Å². The Hall–Kier alpha value is -2.20. The van der Waals surface area contributed by atoms with Crippen molar-refractivity contribution in [1.82, 2.24) is 4.90 Å². The van der Waals surface area contributed by atoms with Crippen LogP contribution in [-0.4, -0.2) is 61.3 Å².